The van der Waals surface area contributed by atoms with E-state index in [0.29, 0.717) is 12.3 Å². The number of nitrogens with zero attached hydrogens (tertiary/aromatic N) is 2. The van der Waals surface area contributed by atoms with Gasteiger partial charge in [0, 0.05) is 20.6 Å². The standard InChI is InChI=1S/C19H24N2O4S/c1-15-12-17(10-11-18(15)25-4)26(23,24)21(3)14-19(22)20(2)13-16-8-6-5-7-9-16/h5-12H,13-14H2,1-4H3. The van der Waals surface area contributed by atoms with Crippen LogP contribution in [-0.2, 0) is 21.4 Å². The summed E-state index contributed by atoms with van der Waals surface area (Å²) in [5.74, 6) is 0.343. The van der Waals surface area contributed by atoms with E-state index in [1.807, 2.05) is 30.3 Å². The van der Waals surface area contributed by atoms with Crippen LogP contribution in [0.15, 0.2) is 53.4 Å². The van der Waals surface area contributed by atoms with Gasteiger partial charge >= 0.3 is 0 Å². The highest BCUT2D eigenvalue weighted by atomic mass is 32.2. The van der Waals surface area contributed by atoms with Crippen LogP contribution in [0.3, 0.4) is 0 Å². The lowest BCUT2D eigenvalue weighted by Gasteiger charge is -2.22. The summed E-state index contributed by atoms with van der Waals surface area (Å²) < 4.78 is 31.7. The number of amides is 1. The minimum absolute atomic E-state index is 0.136. The third-order valence-corrected chi connectivity index (χ3v) is 5.92. The highest BCUT2D eigenvalue weighted by molar-refractivity contribution is 7.89. The Hall–Kier alpha value is -2.38. The van der Waals surface area contributed by atoms with Crippen molar-refractivity contribution in [2.75, 3.05) is 27.7 Å². The predicted molar refractivity (Wildman–Crippen MR) is 100 cm³/mol. The molecule has 140 valence electrons. The third kappa shape index (κ3) is 4.62. The van der Waals surface area contributed by atoms with E-state index in [0.717, 1.165) is 15.4 Å². The van der Waals surface area contributed by atoms with E-state index in [1.165, 1.54) is 25.1 Å². The minimum atomic E-state index is -3.76. The second-order valence-electron chi connectivity index (χ2n) is 6.13. The molecule has 2 rings (SSSR count). The van der Waals surface area contributed by atoms with Crippen LogP contribution in [0, 0.1) is 6.92 Å². The fourth-order valence-corrected chi connectivity index (χ4v) is 3.74. The Morgan fingerprint density at radius 2 is 1.73 bits per heavy atom. The van der Waals surface area contributed by atoms with E-state index in [-0.39, 0.29) is 17.3 Å². The van der Waals surface area contributed by atoms with Crippen LogP contribution in [0.25, 0.3) is 0 Å². The lowest BCUT2D eigenvalue weighted by molar-refractivity contribution is -0.130. The molecule has 0 spiro atoms. The Morgan fingerprint density at radius 3 is 2.31 bits per heavy atom. The van der Waals surface area contributed by atoms with Crippen LogP contribution in [0.2, 0.25) is 0 Å². The molecule has 0 saturated heterocycles. The van der Waals surface area contributed by atoms with E-state index in [2.05, 4.69) is 0 Å². The monoisotopic (exact) mass is 376 g/mol. The van der Waals surface area contributed by atoms with Crippen molar-refractivity contribution in [1.29, 1.82) is 0 Å². The minimum Gasteiger partial charge on any atom is -0.496 e. The summed E-state index contributed by atoms with van der Waals surface area (Å²) in [5, 5.41) is 0. The van der Waals surface area contributed by atoms with Crippen molar-refractivity contribution in [2.24, 2.45) is 0 Å². The summed E-state index contributed by atoms with van der Waals surface area (Å²) in [6.07, 6.45) is 0. The number of carbonyl (C=O) groups is 1. The predicted octanol–water partition coefficient (Wildman–Crippen LogP) is 2.28. The van der Waals surface area contributed by atoms with Gasteiger partial charge in [0.05, 0.1) is 18.6 Å². The number of methoxy groups -OCH3 is 1. The zero-order valence-electron chi connectivity index (χ0n) is 15.5. The molecule has 6 nitrogen and oxygen atoms in total. The van der Waals surface area contributed by atoms with Crippen molar-refractivity contribution in [1.82, 2.24) is 9.21 Å². The Kier molecular flexibility index (Phi) is 6.39. The maximum atomic E-state index is 12.7. The summed E-state index contributed by atoms with van der Waals surface area (Å²) in [7, 11) is 0.840. The van der Waals surface area contributed by atoms with Gasteiger partial charge in [-0.3, -0.25) is 4.79 Å². The van der Waals surface area contributed by atoms with Gasteiger partial charge in [-0.1, -0.05) is 30.3 Å². The molecule has 0 heterocycles. The number of aryl methyl sites for hydroxylation is 1. The largest absolute Gasteiger partial charge is 0.496 e. The molecular weight excluding hydrogens is 352 g/mol. The number of ether oxygens (including phenoxy) is 1. The van der Waals surface area contributed by atoms with E-state index >= 15 is 0 Å². The maximum absolute atomic E-state index is 12.7. The van der Waals surface area contributed by atoms with Gasteiger partial charge < -0.3 is 9.64 Å². The molecule has 2 aromatic carbocycles. The molecule has 0 aromatic heterocycles. The van der Waals surface area contributed by atoms with Crippen LogP contribution >= 0.6 is 0 Å². The summed E-state index contributed by atoms with van der Waals surface area (Å²) >= 11 is 0. The molecule has 0 fully saturated rings. The Labute approximate surface area is 155 Å². The molecule has 0 bridgehead atoms. The third-order valence-electron chi connectivity index (χ3n) is 4.12. The van der Waals surface area contributed by atoms with Gasteiger partial charge in [-0.25, -0.2) is 8.42 Å². The van der Waals surface area contributed by atoms with Gasteiger partial charge in [-0.15, -0.1) is 0 Å². The van der Waals surface area contributed by atoms with Crippen molar-refractivity contribution in [3.63, 3.8) is 0 Å². The first-order chi connectivity index (χ1) is 12.3. The van der Waals surface area contributed by atoms with Crippen LogP contribution in [0.5, 0.6) is 5.75 Å². The number of rotatable bonds is 7. The number of hydrogen-bond acceptors (Lipinski definition) is 4. The Balaban J connectivity index is 2.08. The summed E-state index contributed by atoms with van der Waals surface area (Å²) in [6.45, 7) is 1.97. The second-order valence-corrected chi connectivity index (χ2v) is 8.17. The van der Waals surface area contributed by atoms with Gasteiger partial charge in [-0.2, -0.15) is 4.31 Å². The topological polar surface area (TPSA) is 66.9 Å². The molecule has 0 aliphatic carbocycles. The molecule has 7 heteroatoms. The summed E-state index contributed by atoms with van der Waals surface area (Å²) in [4.78, 5) is 14.1. The van der Waals surface area contributed by atoms with Crippen LogP contribution in [0.4, 0.5) is 0 Å². The lowest BCUT2D eigenvalue weighted by Crippen LogP contribution is -2.39. The van der Waals surface area contributed by atoms with E-state index in [9.17, 15) is 13.2 Å². The van der Waals surface area contributed by atoms with Crippen LogP contribution in [0.1, 0.15) is 11.1 Å². The van der Waals surface area contributed by atoms with E-state index < -0.39 is 10.0 Å². The van der Waals surface area contributed by atoms with Crippen molar-refractivity contribution < 1.29 is 17.9 Å². The first-order valence-electron chi connectivity index (χ1n) is 8.14. The van der Waals surface area contributed by atoms with Gasteiger partial charge in [0.15, 0.2) is 0 Å². The molecular formula is C19H24N2O4S. The summed E-state index contributed by atoms with van der Waals surface area (Å²) in [6, 6.07) is 14.2. The molecule has 2 aromatic rings. The number of likely N-dealkylation sites (N-methyl/N-ethyl adjacent to an activating group) is 2. The fraction of sp³-hybridized carbons (Fsp3) is 0.316. The van der Waals surface area contributed by atoms with Crippen molar-refractivity contribution in [3.05, 3.63) is 59.7 Å². The zero-order valence-corrected chi connectivity index (χ0v) is 16.3. The van der Waals surface area contributed by atoms with Gasteiger partial charge in [0.1, 0.15) is 5.75 Å². The van der Waals surface area contributed by atoms with E-state index in [1.54, 1.807) is 26.1 Å². The average molecular weight is 376 g/mol. The first kappa shape index (κ1) is 19.9. The fourth-order valence-electron chi connectivity index (χ4n) is 2.53. The van der Waals surface area contributed by atoms with Crippen LogP contribution < -0.4 is 4.74 Å². The van der Waals surface area contributed by atoms with Crippen molar-refractivity contribution in [2.45, 2.75) is 18.4 Å². The molecule has 0 radical (unpaired) electrons. The molecule has 0 unspecified atom stereocenters. The molecule has 0 N–H and O–H groups in total. The molecule has 26 heavy (non-hydrogen) atoms. The average Bonchev–Trinajstić information content (AvgIpc) is 2.62. The quantitative estimate of drug-likeness (QED) is 0.744. The Bertz CT molecular complexity index is 866. The van der Waals surface area contributed by atoms with Gasteiger partial charge in [0.25, 0.3) is 0 Å². The van der Waals surface area contributed by atoms with Crippen molar-refractivity contribution in [3.8, 4) is 5.75 Å². The first-order valence-corrected chi connectivity index (χ1v) is 9.58. The number of benzene rings is 2. The highest BCUT2D eigenvalue weighted by Crippen LogP contribution is 2.23. The number of carbonyl (C=O) groups excluding carboxylic acids is 1. The Morgan fingerprint density at radius 1 is 1.08 bits per heavy atom. The molecule has 0 saturated carbocycles. The normalized spacial score (nSPS) is 11.4. The second kappa shape index (κ2) is 8.33. The maximum Gasteiger partial charge on any atom is 0.243 e. The molecule has 0 aliphatic rings. The van der Waals surface area contributed by atoms with E-state index in [4.69, 9.17) is 4.74 Å². The zero-order chi connectivity index (χ0) is 19.3. The SMILES string of the molecule is COc1ccc(S(=O)(=O)N(C)CC(=O)N(C)Cc2ccccc2)cc1C. The van der Waals surface area contributed by atoms with Gasteiger partial charge in [-0.05, 0) is 36.2 Å². The number of sulfonamides is 1. The molecule has 1 amide bonds. The lowest BCUT2D eigenvalue weighted by atomic mass is 10.2. The molecule has 0 atom stereocenters. The highest BCUT2D eigenvalue weighted by Gasteiger charge is 2.25. The molecule has 0 aliphatic heterocycles. The van der Waals surface area contributed by atoms with Crippen LogP contribution in [-0.4, -0.2) is 51.3 Å². The smallest absolute Gasteiger partial charge is 0.243 e. The summed E-state index contributed by atoms with van der Waals surface area (Å²) in [5.41, 5.74) is 1.70. The number of hydrogen-bond donors (Lipinski definition) is 0. The van der Waals surface area contributed by atoms with Crippen molar-refractivity contribution >= 4 is 15.9 Å². The van der Waals surface area contributed by atoms with Gasteiger partial charge in [0.2, 0.25) is 15.9 Å².